The number of benzene rings is 3. The Hall–Kier alpha value is -4.25. The van der Waals surface area contributed by atoms with E-state index in [1.807, 2.05) is 64.2 Å². The molecule has 0 unspecified atom stereocenters. The van der Waals surface area contributed by atoms with Gasteiger partial charge in [0.15, 0.2) is 0 Å². The lowest BCUT2D eigenvalue weighted by Crippen LogP contribution is -2.53. The van der Waals surface area contributed by atoms with Crippen LogP contribution in [0.5, 0.6) is 11.5 Å². The number of allylic oxidation sites excluding steroid dienone is 1. The summed E-state index contributed by atoms with van der Waals surface area (Å²) in [6.45, 7) is 16.5. The summed E-state index contributed by atoms with van der Waals surface area (Å²) in [6, 6.07) is 26.8. The van der Waals surface area contributed by atoms with Crippen molar-refractivity contribution < 1.29 is 8.85 Å². The molecule has 0 spiro atoms. The molecule has 0 bridgehead atoms. The molecule has 0 N–H and O–H groups in total. The van der Waals surface area contributed by atoms with Crippen LogP contribution in [0.25, 0.3) is 27.6 Å². The molecule has 5 heteroatoms. The van der Waals surface area contributed by atoms with Crippen LogP contribution in [-0.4, -0.2) is 32.5 Å². The molecular weight excluding hydrogens is 528 g/mol. The number of hydrogen-bond acceptors (Lipinski definition) is 4. The second-order valence-electron chi connectivity index (χ2n) is 13.9. The highest BCUT2D eigenvalue weighted by molar-refractivity contribution is 6.09. The monoisotopic (exact) mass is 575 g/mol. The number of fused-ring (bicyclic) bond motifs is 3. The van der Waals surface area contributed by atoms with Crippen molar-refractivity contribution in [3.63, 3.8) is 0 Å². The van der Waals surface area contributed by atoms with Gasteiger partial charge in [-0.05, 0) is 101 Å². The van der Waals surface area contributed by atoms with Crippen LogP contribution in [-0.2, 0) is 5.41 Å². The summed E-state index contributed by atoms with van der Waals surface area (Å²) < 4.78 is 34.0. The standard InChI is InChI=1S/C38H44N4O/c1-25(2)35-40(10)37(6,7)38(8,9)42(35)27-14-13-15-28(23-27)43-29-18-19-31-30-16-11-12-17-32(30)41(33(31)24-29)34-22-26(20-21-39-34)36(3,4)5/h11-24H,1-10H3/i10D3. The summed E-state index contributed by atoms with van der Waals surface area (Å²) in [4.78, 5) is 8.55. The van der Waals surface area contributed by atoms with Gasteiger partial charge < -0.3 is 14.5 Å². The zero-order valence-electron chi connectivity index (χ0n) is 29.8. The van der Waals surface area contributed by atoms with E-state index in [4.69, 9.17) is 13.8 Å². The Morgan fingerprint density at radius 1 is 0.791 bits per heavy atom. The zero-order chi connectivity index (χ0) is 33.4. The number of hydrogen-bond donors (Lipinski definition) is 0. The molecule has 3 heterocycles. The van der Waals surface area contributed by atoms with Crippen LogP contribution in [0.4, 0.5) is 5.69 Å². The fourth-order valence-electron chi connectivity index (χ4n) is 6.16. The van der Waals surface area contributed by atoms with Crippen LogP contribution in [0.3, 0.4) is 0 Å². The van der Waals surface area contributed by atoms with Crippen LogP contribution in [0.2, 0.25) is 0 Å². The fraction of sp³-hybridized carbons (Fsp3) is 0.342. The minimum absolute atomic E-state index is 0.0131. The predicted octanol–water partition coefficient (Wildman–Crippen LogP) is 9.83. The number of ether oxygens (including phenoxy) is 1. The number of likely N-dealkylation sites (N-methyl/N-ethyl adjacent to an activating group) is 1. The molecule has 2 aromatic heterocycles. The van der Waals surface area contributed by atoms with Gasteiger partial charge in [0.25, 0.3) is 0 Å². The highest BCUT2D eigenvalue weighted by Gasteiger charge is 2.54. The summed E-state index contributed by atoms with van der Waals surface area (Å²) in [6.07, 6.45) is 1.89. The fourth-order valence-corrected chi connectivity index (χ4v) is 6.16. The number of aromatic nitrogens is 2. The molecule has 6 rings (SSSR count). The van der Waals surface area contributed by atoms with E-state index in [1.165, 1.54) is 5.56 Å². The van der Waals surface area contributed by atoms with Crippen molar-refractivity contribution in [2.24, 2.45) is 0 Å². The first kappa shape index (κ1) is 25.3. The van der Waals surface area contributed by atoms with E-state index in [0.29, 0.717) is 17.3 Å². The molecule has 0 saturated carbocycles. The Morgan fingerprint density at radius 2 is 1.51 bits per heavy atom. The number of rotatable bonds is 4. The average molecular weight is 576 g/mol. The Morgan fingerprint density at radius 3 is 2.23 bits per heavy atom. The first-order valence-electron chi connectivity index (χ1n) is 16.5. The van der Waals surface area contributed by atoms with Gasteiger partial charge in [-0.1, -0.05) is 45.0 Å². The minimum atomic E-state index is -2.30. The second kappa shape index (κ2) is 9.90. The second-order valence-corrected chi connectivity index (χ2v) is 13.9. The highest BCUT2D eigenvalue weighted by Crippen LogP contribution is 2.48. The number of anilines is 1. The smallest absolute Gasteiger partial charge is 0.137 e. The molecule has 1 aliphatic heterocycles. The maximum Gasteiger partial charge on any atom is 0.137 e. The van der Waals surface area contributed by atoms with E-state index < -0.39 is 18.1 Å². The highest BCUT2D eigenvalue weighted by atomic mass is 16.5. The largest absolute Gasteiger partial charge is 0.457 e. The molecule has 1 saturated heterocycles. The summed E-state index contributed by atoms with van der Waals surface area (Å²) in [5, 5.41) is 2.28. The van der Waals surface area contributed by atoms with Crippen molar-refractivity contribution in [2.75, 3.05) is 11.9 Å². The molecule has 5 aromatic rings. The van der Waals surface area contributed by atoms with Gasteiger partial charge in [0.1, 0.15) is 23.1 Å². The van der Waals surface area contributed by atoms with Crippen molar-refractivity contribution >= 4 is 27.5 Å². The quantitative estimate of drug-likeness (QED) is 0.214. The van der Waals surface area contributed by atoms with Gasteiger partial charge in [0.05, 0.1) is 22.1 Å². The molecule has 0 atom stereocenters. The molecule has 3 aromatic carbocycles. The van der Waals surface area contributed by atoms with E-state index in [-0.39, 0.29) is 5.41 Å². The van der Waals surface area contributed by atoms with E-state index in [9.17, 15) is 0 Å². The number of pyridine rings is 1. The Kier molecular flexibility index (Phi) is 5.82. The maximum absolute atomic E-state index is 8.42. The van der Waals surface area contributed by atoms with E-state index in [1.54, 1.807) is 4.90 Å². The Balaban J connectivity index is 1.44. The van der Waals surface area contributed by atoms with Crippen LogP contribution in [0.15, 0.2) is 96.5 Å². The molecule has 0 radical (unpaired) electrons. The molecule has 1 fully saturated rings. The predicted molar refractivity (Wildman–Crippen MR) is 181 cm³/mol. The summed E-state index contributed by atoms with van der Waals surface area (Å²) in [5.74, 6) is 2.93. The van der Waals surface area contributed by atoms with E-state index >= 15 is 0 Å². The third kappa shape index (κ3) is 4.57. The van der Waals surface area contributed by atoms with Gasteiger partial charge in [0, 0.05) is 45.9 Å². The minimum Gasteiger partial charge on any atom is -0.457 e. The van der Waals surface area contributed by atoms with E-state index in [2.05, 4.69) is 92.6 Å². The molecule has 222 valence electrons. The summed E-state index contributed by atoms with van der Waals surface area (Å²) >= 11 is 0. The normalized spacial score (nSPS) is 17.7. The van der Waals surface area contributed by atoms with Crippen molar-refractivity contribution in [3.8, 4) is 17.3 Å². The van der Waals surface area contributed by atoms with Crippen LogP contribution >= 0.6 is 0 Å². The van der Waals surface area contributed by atoms with Crippen molar-refractivity contribution in [2.45, 2.75) is 78.8 Å². The third-order valence-corrected chi connectivity index (χ3v) is 9.28. The topological polar surface area (TPSA) is 33.5 Å². The van der Waals surface area contributed by atoms with Crippen molar-refractivity contribution in [1.82, 2.24) is 14.5 Å². The lowest BCUT2D eigenvalue weighted by molar-refractivity contribution is 0.181. The third-order valence-electron chi connectivity index (χ3n) is 9.28. The zero-order valence-corrected chi connectivity index (χ0v) is 26.8. The van der Waals surface area contributed by atoms with Gasteiger partial charge in [-0.15, -0.1) is 0 Å². The lowest BCUT2D eigenvalue weighted by atomic mass is 9.82. The molecule has 0 aliphatic carbocycles. The van der Waals surface area contributed by atoms with Crippen LogP contribution in [0.1, 0.15) is 72.0 Å². The lowest BCUT2D eigenvalue weighted by Gasteiger charge is -2.41. The Bertz CT molecular complexity index is 1990. The molecule has 1 aliphatic rings. The summed E-state index contributed by atoms with van der Waals surface area (Å²) in [7, 11) is 0. The van der Waals surface area contributed by atoms with Gasteiger partial charge in [-0.25, -0.2) is 4.98 Å². The summed E-state index contributed by atoms with van der Waals surface area (Å²) in [5.41, 5.74) is 3.88. The maximum atomic E-state index is 8.42. The van der Waals surface area contributed by atoms with Crippen LogP contribution in [0, 0.1) is 0 Å². The Labute approximate surface area is 260 Å². The first-order chi connectivity index (χ1) is 21.4. The van der Waals surface area contributed by atoms with Gasteiger partial charge >= 0.3 is 0 Å². The van der Waals surface area contributed by atoms with Crippen LogP contribution < -0.4 is 9.64 Å². The SMILES string of the molecule is [2H]C([2H])([2H])N1C(=C(C)C)N(c2cccc(Oc3ccc4c5ccccc5n(-c5cc(C(C)(C)C)ccn5)c4c3)c2)C(C)(C)C1(C)C. The molecular formula is C38H44N4O. The van der Waals surface area contributed by atoms with Gasteiger partial charge in [-0.2, -0.15) is 0 Å². The van der Waals surface area contributed by atoms with E-state index in [0.717, 1.165) is 38.9 Å². The van der Waals surface area contributed by atoms with Gasteiger partial charge in [0.2, 0.25) is 0 Å². The number of nitrogens with zero attached hydrogens (tertiary/aromatic N) is 4. The van der Waals surface area contributed by atoms with Crippen molar-refractivity contribution in [1.29, 1.82) is 0 Å². The molecule has 0 amide bonds. The molecule has 43 heavy (non-hydrogen) atoms. The first-order valence-corrected chi connectivity index (χ1v) is 15.0. The molecule has 5 nitrogen and oxygen atoms in total. The number of para-hydroxylation sites is 1. The van der Waals surface area contributed by atoms with Gasteiger partial charge in [-0.3, -0.25) is 4.57 Å². The van der Waals surface area contributed by atoms with Crippen molar-refractivity contribution in [3.05, 3.63) is 102 Å². The average Bonchev–Trinajstić information content (AvgIpc) is 3.38.